The van der Waals surface area contributed by atoms with Gasteiger partial charge in [0, 0.05) is 0 Å². The Morgan fingerprint density at radius 1 is 1.45 bits per heavy atom. The number of hydrogen-bond acceptors (Lipinski definition) is 2. The summed E-state index contributed by atoms with van der Waals surface area (Å²) in [6.07, 6.45) is -0.242. The minimum Gasteiger partial charge on any atom is -0.319 e. The lowest BCUT2D eigenvalue weighted by Gasteiger charge is -1.92. The van der Waals surface area contributed by atoms with Gasteiger partial charge >= 0.3 is 0 Å². The van der Waals surface area contributed by atoms with Gasteiger partial charge in [0.1, 0.15) is 0 Å². The van der Waals surface area contributed by atoms with Gasteiger partial charge in [-0.2, -0.15) is 0 Å². The van der Waals surface area contributed by atoms with Gasteiger partial charge in [0.05, 0.1) is 18.6 Å². The van der Waals surface area contributed by atoms with E-state index in [2.05, 4.69) is 9.97 Å². The van der Waals surface area contributed by atoms with Gasteiger partial charge in [-0.1, -0.05) is 12.1 Å². The number of hydrogen-bond donors (Lipinski definition) is 1. The number of para-hydroxylation sites is 2. The van der Waals surface area contributed by atoms with Gasteiger partial charge in [0.15, 0.2) is 0 Å². The topological polar surface area (TPSA) is 45.8 Å². The Bertz CT molecular complexity index is 478. The molecule has 54 valence electrons. The molecule has 0 aliphatic carbocycles. The quantitative estimate of drug-likeness (QED) is 0.602. The zero-order valence-corrected chi connectivity index (χ0v) is 5.66. The Morgan fingerprint density at radius 2 is 2.27 bits per heavy atom. The maximum absolute atomic E-state index is 10.9. The zero-order valence-electron chi connectivity index (χ0n) is 6.66. The van der Waals surface area contributed by atoms with E-state index in [9.17, 15) is 4.79 Å². The van der Waals surface area contributed by atoms with Crippen molar-refractivity contribution in [3.63, 3.8) is 0 Å². The second kappa shape index (κ2) is 2.20. The Hall–Kier alpha value is -1.64. The van der Waals surface area contributed by atoms with Crippen molar-refractivity contribution in [1.29, 1.82) is 0 Å². The Balaban J connectivity index is 2.93. The van der Waals surface area contributed by atoms with Crippen molar-refractivity contribution < 1.29 is 1.37 Å². The first kappa shape index (κ1) is 5.07. The van der Waals surface area contributed by atoms with Crippen molar-refractivity contribution in [3.05, 3.63) is 40.8 Å². The molecule has 0 atom stereocenters. The first-order chi connectivity index (χ1) is 5.77. The third-order valence-corrected chi connectivity index (χ3v) is 1.43. The maximum atomic E-state index is 10.9. The van der Waals surface area contributed by atoms with Crippen LogP contribution in [0.15, 0.2) is 35.2 Å². The lowest BCUT2D eigenvalue weighted by molar-refractivity contribution is 1.22. The maximum Gasteiger partial charge on any atom is 0.266 e. The van der Waals surface area contributed by atoms with Gasteiger partial charge in [0.2, 0.25) is 0 Å². The highest BCUT2D eigenvalue weighted by Crippen LogP contribution is 2.02. The van der Waals surface area contributed by atoms with Gasteiger partial charge < -0.3 is 4.98 Å². The first-order valence-electron chi connectivity index (χ1n) is 3.73. The summed E-state index contributed by atoms with van der Waals surface area (Å²) in [6.45, 7) is 0. The predicted molar refractivity (Wildman–Crippen MR) is 42.4 cm³/mol. The molecule has 11 heavy (non-hydrogen) atoms. The highest BCUT2D eigenvalue weighted by molar-refractivity contribution is 5.72. The molecule has 0 saturated carbocycles. The van der Waals surface area contributed by atoms with Gasteiger partial charge in [-0.15, -0.1) is 0 Å². The average Bonchev–Trinajstić information content (AvgIpc) is 2.07. The molecule has 2 rings (SSSR count). The number of aromatic nitrogens is 2. The summed E-state index contributed by atoms with van der Waals surface area (Å²) in [4.78, 5) is 17.3. The standard InChI is InChI=1S/C8H6N2O/c11-8-5-9-6-3-1-2-4-7(6)10-8/h1-5H,(H,10,11)/i5D. The minimum absolute atomic E-state index is 0.242. The third-order valence-electron chi connectivity index (χ3n) is 1.43. The van der Waals surface area contributed by atoms with Crippen LogP contribution in [-0.4, -0.2) is 9.97 Å². The molecular formula is C8H6N2O. The molecule has 0 saturated heterocycles. The van der Waals surface area contributed by atoms with E-state index in [0.717, 1.165) is 0 Å². The highest BCUT2D eigenvalue weighted by atomic mass is 16.1. The van der Waals surface area contributed by atoms with Crippen molar-refractivity contribution in [2.24, 2.45) is 0 Å². The number of H-pyrrole nitrogens is 1. The largest absolute Gasteiger partial charge is 0.319 e. The molecule has 0 radical (unpaired) electrons. The van der Waals surface area contributed by atoms with Crippen LogP contribution in [0, 0.1) is 0 Å². The molecule has 0 amide bonds. The average molecular weight is 147 g/mol. The second-order valence-electron chi connectivity index (χ2n) is 2.19. The first-order valence-corrected chi connectivity index (χ1v) is 3.23. The summed E-state index contributed by atoms with van der Waals surface area (Å²) in [5.74, 6) is 0. The summed E-state index contributed by atoms with van der Waals surface area (Å²) in [7, 11) is 0. The van der Waals surface area contributed by atoms with Gasteiger partial charge in [-0.25, -0.2) is 4.98 Å². The van der Waals surface area contributed by atoms with Crippen LogP contribution in [0.4, 0.5) is 0 Å². The molecule has 3 heteroatoms. The molecule has 1 N–H and O–H groups in total. The second-order valence-corrected chi connectivity index (χ2v) is 2.19. The number of nitrogens with one attached hydrogen (secondary N) is 1. The fourth-order valence-corrected chi connectivity index (χ4v) is 0.938. The number of fused-ring (bicyclic) bond motifs is 1. The van der Waals surface area contributed by atoms with E-state index < -0.39 is 5.56 Å². The van der Waals surface area contributed by atoms with Crippen LogP contribution in [0.5, 0.6) is 0 Å². The highest BCUT2D eigenvalue weighted by Gasteiger charge is 1.90. The smallest absolute Gasteiger partial charge is 0.266 e. The summed E-state index contributed by atoms with van der Waals surface area (Å²) >= 11 is 0. The van der Waals surface area contributed by atoms with E-state index in [1.807, 2.05) is 12.1 Å². The molecule has 0 aliphatic rings. The molecule has 1 aromatic carbocycles. The summed E-state index contributed by atoms with van der Waals surface area (Å²) in [5, 5.41) is 0. The minimum atomic E-state index is -0.450. The van der Waals surface area contributed by atoms with Gasteiger partial charge in [-0.3, -0.25) is 4.79 Å². The summed E-state index contributed by atoms with van der Waals surface area (Å²) in [5.41, 5.74) is 0.856. The van der Waals surface area contributed by atoms with Crippen LogP contribution in [0.25, 0.3) is 11.0 Å². The monoisotopic (exact) mass is 147 g/mol. The van der Waals surface area contributed by atoms with E-state index in [1.165, 1.54) is 0 Å². The van der Waals surface area contributed by atoms with Crippen LogP contribution in [0.3, 0.4) is 0 Å². The summed E-state index contributed by atoms with van der Waals surface area (Å²) < 4.78 is 7.15. The zero-order chi connectivity index (χ0) is 8.55. The van der Waals surface area contributed by atoms with Crippen molar-refractivity contribution in [1.82, 2.24) is 9.97 Å². The van der Waals surface area contributed by atoms with E-state index in [0.29, 0.717) is 11.0 Å². The van der Waals surface area contributed by atoms with Gasteiger partial charge in [0.25, 0.3) is 5.56 Å². The van der Waals surface area contributed by atoms with Crippen LogP contribution in [0.2, 0.25) is 0 Å². The third kappa shape index (κ3) is 1.00. The van der Waals surface area contributed by atoms with Crippen molar-refractivity contribution in [3.8, 4) is 0 Å². The van der Waals surface area contributed by atoms with Crippen LogP contribution >= 0.6 is 0 Å². The van der Waals surface area contributed by atoms with E-state index >= 15 is 0 Å². The van der Waals surface area contributed by atoms with Gasteiger partial charge in [-0.05, 0) is 12.1 Å². The van der Waals surface area contributed by atoms with Crippen LogP contribution < -0.4 is 5.56 Å². The fraction of sp³-hybridized carbons (Fsp3) is 0. The fourth-order valence-electron chi connectivity index (χ4n) is 0.938. The molecule has 0 spiro atoms. The van der Waals surface area contributed by atoms with E-state index in [1.54, 1.807) is 12.1 Å². The number of nitrogens with zero attached hydrogens (tertiary/aromatic N) is 1. The molecule has 3 nitrogen and oxygen atoms in total. The lowest BCUT2D eigenvalue weighted by atomic mass is 10.3. The Morgan fingerprint density at radius 3 is 3.18 bits per heavy atom. The van der Waals surface area contributed by atoms with E-state index in [4.69, 9.17) is 1.37 Å². The summed E-state index contributed by atoms with van der Waals surface area (Å²) in [6, 6.07) is 7.13. The molecule has 0 aliphatic heterocycles. The number of aromatic amines is 1. The molecule has 0 unspecified atom stereocenters. The Labute approximate surface area is 64.1 Å². The predicted octanol–water partition coefficient (Wildman–Crippen LogP) is 0.923. The van der Waals surface area contributed by atoms with Crippen LogP contribution in [0.1, 0.15) is 1.37 Å². The van der Waals surface area contributed by atoms with Crippen LogP contribution in [-0.2, 0) is 0 Å². The molecule has 0 bridgehead atoms. The normalized spacial score (nSPS) is 11.5. The molecule has 1 heterocycles. The molecule has 1 aromatic heterocycles. The molecule has 2 aromatic rings. The SMILES string of the molecule is [2H]c1nc2ccccc2[nH]c1=O. The van der Waals surface area contributed by atoms with Crippen molar-refractivity contribution in [2.75, 3.05) is 0 Å². The Kier molecular flexibility index (Phi) is 1.01. The number of rotatable bonds is 0. The van der Waals surface area contributed by atoms with Crippen molar-refractivity contribution in [2.45, 2.75) is 0 Å². The molecule has 0 fully saturated rings. The van der Waals surface area contributed by atoms with E-state index in [-0.39, 0.29) is 6.17 Å². The molecular weight excluding hydrogens is 140 g/mol. The van der Waals surface area contributed by atoms with Crippen molar-refractivity contribution >= 4 is 11.0 Å². The lowest BCUT2D eigenvalue weighted by Crippen LogP contribution is -2.04. The number of benzene rings is 1.